The third kappa shape index (κ3) is 5.23. The van der Waals surface area contributed by atoms with Crippen LogP contribution in [0.3, 0.4) is 0 Å². The maximum absolute atomic E-state index is 12.3. The fourth-order valence-corrected chi connectivity index (χ4v) is 2.82. The quantitative estimate of drug-likeness (QED) is 0.695. The maximum atomic E-state index is 12.3. The summed E-state index contributed by atoms with van der Waals surface area (Å²) in [4.78, 5) is 10.6. The molecule has 2 aromatic carbocycles. The zero-order chi connectivity index (χ0) is 19.2. The second kappa shape index (κ2) is 8.71. The molecule has 2 aromatic rings. The van der Waals surface area contributed by atoms with Crippen molar-refractivity contribution in [3.8, 4) is 16.9 Å². The number of hydrogen-bond acceptors (Lipinski definition) is 3. The second-order valence-corrected chi connectivity index (χ2v) is 5.75. The predicted octanol–water partition coefficient (Wildman–Crippen LogP) is 3.94. The van der Waals surface area contributed by atoms with Crippen molar-refractivity contribution >= 4 is 6.41 Å². The summed E-state index contributed by atoms with van der Waals surface area (Å²) in [5, 5.41) is 12.3. The van der Waals surface area contributed by atoms with Gasteiger partial charge < -0.3 is 15.2 Å². The van der Waals surface area contributed by atoms with E-state index in [4.69, 9.17) is 0 Å². The summed E-state index contributed by atoms with van der Waals surface area (Å²) in [6, 6.07) is 9.33. The lowest BCUT2D eigenvalue weighted by molar-refractivity contribution is -0.274. The minimum absolute atomic E-state index is 0.149. The molecule has 0 saturated carbocycles. The van der Waals surface area contributed by atoms with Crippen molar-refractivity contribution in [2.24, 2.45) is 0 Å². The molecule has 0 unspecified atom stereocenters. The van der Waals surface area contributed by atoms with E-state index < -0.39 is 6.36 Å². The van der Waals surface area contributed by atoms with Gasteiger partial charge >= 0.3 is 6.36 Å². The van der Waals surface area contributed by atoms with Crippen LogP contribution in [0.5, 0.6) is 5.75 Å². The minimum atomic E-state index is -4.73. The van der Waals surface area contributed by atoms with E-state index in [1.807, 2.05) is 19.1 Å². The normalized spacial score (nSPS) is 11.3. The highest BCUT2D eigenvalue weighted by Crippen LogP contribution is 2.30. The molecule has 0 aliphatic carbocycles. The van der Waals surface area contributed by atoms with Crippen molar-refractivity contribution in [3.05, 3.63) is 53.1 Å². The van der Waals surface area contributed by atoms with Gasteiger partial charge in [0.05, 0.1) is 6.61 Å². The van der Waals surface area contributed by atoms with Crippen LogP contribution in [0.2, 0.25) is 0 Å². The summed E-state index contributed by atoms with van der Waals surface area (Å²) in [6.07, 6.45) is -2.54. The van der Waals surface area contributed by atoms with Crippen molar-refractivity contribution in [1.82, 2.24) is 5.32 Å². The average molecular weight is 367 g/mol. The van der Waals surface area contributed by atoms with Gasteiger partial charge in [0, 0.05) is 6.54 Å². The number of aliphatic hydroxyl groups excluding tert-OH is 1. The Morgan fingerprint density at radius 2 is 1.77 bits per heavy atom. The fourth-order valence-electron chi connectivity index (χ4n) is 2.82. The van der Waals surface area contributed by atoms with Crippen molar-refractivity contribution < 1.29 is 27.8 Å². The van der Waals surface area contributed by atoms with Gasteiger partial charge in [0.1, 0.15) is 5.75 Å². The van der Waals surface area contributed by atoms with Crippen molar-refractivity contribution in [3.63, 3.8) is 0 Å². The molecule has 0 radical (unpaired) electrons. The smallest absolute Gasteiger partial charge is 0.406 e. The highest BCUT2D eigenvalue weighted by atomic mass is 19.4. The molecule has 0 heterocycles. The van der Waals surface area contributed by atoms with Crippen molar-refractivity contribution in [2.45, 2.75) is 39.3 Å². The number of aryl methyl sites for hydroxylation is 1. The Kier molecular flexibility index (Phi) is 6.63. The van der Waals surface area contributed by atoms with Crippen molar-refractivity contribution in [2.75, 3.05) is 0 Å². The van der Waals surface area contributed by atoms with Gasteiger partial charge in [0.25, 0.3) is 0 Å². The molecule has 140 valence electrons. The van der Waals surface area contributed by atoms with Gasteiger partial charge in [0.2, 0.25) is 6.41 Å². The zero-order valence-corrected chi connectivity index (χ0v) is 14.3. The summed E-state index contributed by atoms with van der Waals surface area (Å²) >= 11 is 0. The van der Waals surface area contributed by atoms with E-state index in [-0.39, 0.29) is 18.9 Å². The van der Waals surface area contributed by atoms with Crippen LogP contribution in [-0.4, -0.2) is 17.9 Å². The lowest BCUT2D eigenvalue weighted by Crippen LogP contribution is -2.16. The molecule has 7 heteroatoms. The first-order valence-corrected chi connectivity index (χ1v) is 8.16. The molecule has 26 heavy (non-hydrogen) atoms. The monoisotopic (exact) mass is 367 g/mol. The molecule has 4 nitrogen and oxygen atoms in total. The first-order valence-electron chi connectivity index (χ1n) is 8.16. The molecule has 0 fully saturated rings. The molecule has 0 aliphatic heterocycles. The van der Waals surface area contributed by atoms with E-state index in [2.05, 4.69) is 10.1 Å². The van der Waals surface area contributed by atoms with Crippen LogP contribution >= 0.6 is 0 Å². The number of carbonyl (C=O) groups excluding carboxylic acids is 1. The Hall–Kier alpha value is -2.54. The van der Waals surface area contributed by atoms with Crippen LogP contribution in [0, 0.1) is 0 Å². The van der Waals surface area contributed by atoms with Gasteiger partial charge in [-0.05, 0) is 52.4 Å². The zero-order valence-electron chi connectivity index (χ0n) is 14.3. The summed E-state index contributed by atoms with van der Waals surface area (Å²) in [5.74, 6) is -0.287. The van der Waals surface area contributed by atoms with Gasteiger partial charge in [-0.2, -0.15) is 0 Å². The van der Waals surface area contributed by atoms with Crippen LogP contribution in [0.1, 0.15) is 30.0 Å². The SMILES string of the molecule is CCCc1cc(-c2ccc(OC(F)(F)F)cc2)cc(CNC=O)c1CO. The third-order valence-electron chi connectivity index (χ3n) is 3.91. The Morgan fingerprint density at radius 1 is 1.12 bits per heavy atom. The number of aliphatic hydroxyl groups is 1. The average Bonchev–Trinajstić information content (AvgIpc) is 2.59. The van der Waals surface area contributed by atoms with E-state index in [9.17, 15) is 23.1 Å². The van der Waals surface area contributed by atoms with Crippen LogP contribution < -0.4 is 10.1 Å². The standard InChI is InChI=1S/C19H20F3NO3/c1-2-3-14-8-15(9-16(10-23-12-25)18(14)11-24)13-4-6-17(7-5-13)26-19(20,21)22/h4-9,12,24H,2-3,10-11H2,1H3,(H,23,25). The maximum Gasteiger partial charge on any atom is 0.573 e. The predicted molar refractivity (Wildman–Crippen MR) is 91.4 cm³/mol. The Balaban J connectivity index is 2.41. The lowest BCUT2D eigenvalue weighted by atomic mass is 9.92. The molecular formula is C19H20F3NO3. The van der Waals surface area contributed by atoms with Crippen LogP contribution in [0.4, 0.5) is 13.2 Å². The van der Waals surface area contributed by atoms with Crippen molar-refractivity contribution in [1.29, 1.82) is 0 Å². The molecular weight excluding hydrogens is 347 g/mol. The largest absolute Gasteiger partial charge is 0.573 e. The molecule has 0 atom stereocenters. The fraction of sp³-hybridized carbons (Fsp3) is 0.316. The molecule has 1 amide bonds. The van der Waals surface area contributed by atoms with E-state index in [1.165, 1.54) is 12.1 Å². The molecule has 0 saturated heterocycles. The van der Waals surface area contributed by atoms with Gasteiger partial charge in [-0.25, -0.2) is 0 Å². The number of rotatable bonds is 8. The summed E-state index contributed by atoms with van der Waals surface area (Å²) in [5.41, 5.74) is 4.00. The Morgan fingerprint density at radius 3 is 2.31 bits per heavy atom. The number of hydrogen-bond donors (Lipinski definition) is 2. The van der Waals surface area contributed by atoms with Crippen LogP contribution in [0.25, 0.3) is 11.1 Å². The van der Waals surface area contributed by atoms with Crippen LogP contribution in [-0.2, 0) is 24.4 Å². The minimum Gasteiger partial charge on any atom is -0.406 e. The summed E-state index contributed by atoms with van der Waals surface area (Å²) in [6.45, 7) is 2.13. The number of alkyl halides is 3. The molecule has 2 rings (SSSR count). The lowest BCUT2D eigenvalue weighted by Gasteiger charge is -2.16. The van der Waals surface area contributed by atoms with E-state index >= 15 is 0 Å². The van der Waals surface area contributed by atoms with Crippen LogP contribution in [0.15, 0.2) is 36.4 Å². The highest BCUT2D eigenvalue weighted by Gasteiger charge is 2.30. The first kappa shape index (κ1) is 19.8. The summed E-state index contributed by atoms with van der Waals surface area (Å²) < 4.78 is 40.7. The number of benzene rings is 2. The molecule has 0 spiro atoms. The van der Waals surface area contributed by atoms with Gasteiger partial charge in [0.15, 0.2) is 0 Å². The van der Waals surface area contributed by atoms with Gasteiger partial charge in [-0.15, -0.1) is 13.2 Å². The number of nitrogens with one attached hydrogen (secondary N) is 1. The number of ether oxygens (including phenoxy) is 1. The molecule has 0 aliphatic rings. The van der Waals surface area contributed by atoms with E-state index in [1.54, 1.807) is 12.1 Å². The number of halogens is 3. The molecule has 2 N–H and O–H groups in total. The third-order valence-corrected chi connectivity index (χ3v) is 3.91. The van der Waals surface area contributed by atoms with E-state index in [0.717, 1.165) is 35.1 Å². The van der Waals surface area contributed by atoms with Gasteiger partial charge in [-0.1, -0.05) is 31.5 Å². The Bertz CT molecular complexity index is 743. The van der Waals surface area contributed by atoms with E-state index in [0.29, 0.717) is 12.0 Å². The number of amides is 1. The number of carbonyl (C=O) groups is 1. The summed E-state index contributed by atoms with van der Waals surface area (Å²) in [7, 11) is 0. The molecule has 0 aromatic heterocycles. The molecule has 0 bridgehead atoms. The topological polar surface area (TPSA) is 58.6 Å². The first-order chi connectivity index (χ1) is 12.4. The van der Waals surface area contributed by atoms with Gasteiger partial charge in [-0.3, -0.25) is 4.79 Å². The Labute approximate surface area is 149 Å². The second-order valence-electron chi connectivity index (χ2n) is 5.75. The highest BCUT2D eigenvalue weighted by molar-refractivity contribution is 5.67.